The van der Waals surface area contributed by atoms with E-state index < -0.39 is 0 Å². The number of rotatable bonds is 3. The van der Waals surface area contributed by atoms with Crippen molar-refractivity contribution >= 4 is 17.4 Å². The van der Waals surface area contributed by atoms with Crippen LogP contribution in [0.15, 0.2) is 11.4 Å². The summed E-state index contributed by atoms with van der Waals surface area (Å²) in [7, 11) is 0. The molecule has 2 aliphatic rings. The second-order valence-electron chi connectivity index (χ2n) is 5.96. The van der Waals surface area contributed by atoms with Crippen LogP contribution in [0, 0.1) is 0 Å². The van der Waals surface area contributed by atoms with Crippen LogP contribution in [-0.4, -0.2) is 36.2 Å². The Morgan fingerprint density at radius 3 is 3.19 bits per heavy atom. The lowest BCUT2D eigenvalue weighted by molar-refractivity contribution is 0.0812. The number of fused-ring (bicyclic) bond motifs is 1. The summed E-state index contributed by atoms with van der Waals surface area (Å²) in [5.74, 6) is 0. The molecule has 1 fully saturated rings. The minimum atomic E-state index is 0.0571. The lowest BCUT2D eigenvalue weighted by Gasteiger charge is -2.36. The Balaban J connectivity index is 1.66. The highest BCUT2D eigenvalue weighted by molar-refractivity contribution is 7.10. The highest BCUT2D eigenvalue weighted by Gasteiger charge is 2.32. The van der Waals surface area contributed by atoms with Gasteiger partial charge in [-0.3, -0.25) is 0 Å². The van der Waals surface area contributed by atoms with Crippen molar-refractivity contribution in [2.45, 2.75) is 57.7 Å². The Labute approximate surface area is 130 Å². The van der Waals surface area contributed by atoms with Crippen LogP contribution in [0.3, 0.4) is 0 Å². The SMILES string of the molecule is CC[C@@H]1c2ccsc2CCN1C(=O)N[C@@H](C)[C@@H]1CCCO1. The molecule has 1 aromatic heterocycles. The fourth-order valence-corrected chi connectivity index (χ4v) is 4.38. The van der Waals surface area contributed by atoms with Crippen molar-refractivity contribution in [1.29, 1.82) is 0 Å². The quantitative estimate of drug-likeness (QED) is 0.930. The van der Waals surface area contributed by atoms with Gasteiger partial charge in [0.05, 0.1) is 18.2 Å². The Kier molecular flexibility index (Phi) is 4.50. The molecular weight excluding hydrogens is 284 g/mol. The number of hydrogen-bond acceptors (Lipinski definition) is 3. The van der Waals surface area contributed by atoms with Crippen LogP contribution in [0.1, 0.15) is 49.6 Å². The molecule has 1 saturated heterocycles. The second-order valence-corrected chi connectivity index (χ2v) is 6.96. The standard InChI is InChI=1S/C16H24N2O2S/c1-3-13-12-7-10-21-15(12)6-8-18(13)16(19)17-11(2)14-5-4-9-20-14/h7,10-11,13-14H,3-6,8-9H2,1-2H3,(H,17,19)/t11-,13+,14-/m0/s1. The normalized spacial score (nSPS) is 26.5. The maximum absolute atomic E-state index is 12.6. The van der Waals surface area contributed by atoms with Crippen molar-refractivity contribution in [2.24, 2.45) is 0 Å². The minimum absolute atomic E-state index is 0.0571. The smallest absolute Gasteiger partial charge is 0.318 e. The molecule has 1 aromatic rings. The van der Waals surface area contributed by atoms with Gasteiger partial charge in [0, 0.05) is 18.0 Å². The molecule has 5 heteroatoms. The largest absolute Gasteiger partial charge is 0.376 e. The van der Waals surface area contributed by atoms with Crippen LogP contribution in [0.25, 0.3) is 0 Å². The van der Waals surface area contributed by atoms with E-state index in [0.29, 0.717) is 0 Å². The third-order valence-electron chi connectivity index (χ3n) is 4.62. The summed E-state index contributed by atoms with van der Waals surface area (Å²) in [6, 6.07) is 2.54. The van der Waals surface area contributed by atoms with Crippen LogP contribution in [0.4, 0.5) is 4.79 Å². The van der Waals surface area contributed by atoms with E-state index in [0.717, 1.165) is 38.8 Å². The van der Waals surface area contributed by atoms with Gasteiger partial charge in [0.2, 0.25) is 0 Å². The zero-order chi connectivity index (χ0) is 14.8. The zero-order valence-corrected chi connectivity index (χ0v) is 13.6. The number of carbonyl (C=O) groups excluding carboxylic acids is 1. The van der Waals surface area contributed by atoms with E-state index in [2.05, 4.69) is 30.6 Å². The van der Waals surface area contributed by atoms with Gasteiger partial charge in [-0.1, -0.05) is 6.92 Å². The first-order valence-corrected chi connectivity index (χ1v) is 8.83. The highest BCUT2D eigenvalue weighted by atomic mass is 32.1. The van der Waals surface area contributed by atoms with Crippen molar-refractivity contribution in [1.82, 2.24) is 10.2 Å². The molecule has 2 amide bonds. The first-order valence-electron chi connectivity index (χ1n) is 7.95. The third-order valence-corrected chi connectivity index (χ3v) is 5.61. The van der Waals surface area contributed by atoms with Gasteiger partial charge in [0.25, 0.3) is 0 Å². The number of hydrogen-bond donors (Lipinski definition) is 1. The van der Waals surface area contributed by atoms with Gasteiger partial charge in [-0.05, 0) is 49.6 Å². The van der Waals surface area contributed by atoms with Crippen LogP contribution < -0.4 is 5.32 Å². The predicted molar refractivity (Wildman–Crippen MR) is 84.7 cm³/mol. The summed E-state index contributed by atoms with van der Waals surface area (Å²) in [5, 5.41) is 5.29. The molecule has 3 heterocycles. The van der Waals surface area contributed by atoms with Gasteiger partial charge in [0.15, 0.2) is 0 Å². The molecule has 0 radical (unpaired) electrons. The van der Waals surface area contributed by atoms with Crippen LogP contribution >= 0.6 is 11.3 Å². The second kappa shape index (κ2) is 6.36. The van der Waals surface area contributed by atoms with Crippen molar-refractivity contribution in [3.63, 3.8) is 0 Å². The molecule has 0 spiro atoms. The number of nitrogens with zero attached hydrogens (tertiary/aromatic N) is 1. The summed E-state index contributed by atoms with van der Waals surface area (Å²) in [6.45, 7) is 5.84. The number of thiophene rings is 1. The Morgan fingerprint density at radius 2 is 2.48 bits per heavy atom. The summed E-state index contributed by atoms with van der Waals surface area (Å²) >= 11 is 1.81. The molecular formula is C16H24N2O2S. The van der Waals surface area contributed by atoms with E-state index >= 15 is 0 Å². The van der Waals surface area contributed by atoms with Gasteiger partial charge >= 0.3 is 6.03 Å². The highest BCUT2D eigenvalue weighted by Crippen LogP contribution is 2.35. The fourth-order valence-electron chi connectivity index (χ4n) is 3.45. The summed E-state index contributed by atoms with van der Waals surface area (Å²) in [4.78, 5) is 16.1. The molecule has 0 aromatic carbocycles. The van der Waals surface area contributed by atoms with Crippen LogP contribution in [-0.2, 0) is 11.2 Å². The molecule has 0 unspecified atom stereocenters. The first kappa shape index (κ1) is 14.9. The lowest BCUT2D eigenvalue weighted by Crippen LogP contribution is -2.50. The molecule has 3 rings (SSSR count). The molecule has 0 saturated carbocycles. The van der Waals surface area contributed by atoms with Crippen LogP contribution in [0.2, 0.25) is 0 Å². The summed E-state index contributed by atoms with van der Waals surface area (Å²) in [6.07, 6.45) is 4.27. The molecule has 1 N–H and O–H groups in total. The molecule has 0 bridgehead atoms. The van der Waals surface area contributed by atoms with E-state index in [4.69, 9.17) is 4.74 Å². The van der Waals surface area contributed by atoms with E-state index in [1.807, 2.05) is 16.2 Å². The first-order chi connectivity index (χ1) is 10.2. The predicted octanol–water partition coefficient (Wildman–Crippen LogP) is 3.33. The van der Waals surface area contributed by atoms with Gasteiger partial charge in [0.1, 0.15) is 0 Å². The molecule has 2 aliphatic heterocycles. The fraction of sp³-hybridized carbons (Fsp3) is 0.688. The van der Waals surface area contributed by atoms with E-state index in [9.17, 15) is 4.79 Å². The van der Waals surface area contributed by atoms with Gasteiger partial charge in [-0.15, -0.1) is 11.3 Å². The maximum Gasteiger partial charge on any atom is 0.318 e. The third kappa shape index (κ3) is 2.94. The van der Waals surface area contributed by atoms with Crippen LogP contribution in [0.5, 0.6) is 0 Å². The number of ether oxygens (including phenoxy) is 1. The maximum atomic E-state index is 12.6. The molecule has 116 valence electrons. The molecule has 3 atom stereocenters. The Bertz CT molecular complexity index is 496. The Hall–Kier alpha value is -1.07. The monoisotopic (exact) mass is 308 g/mol. The lowest BCUT2D eigenvalue weighted by atomic mass is 9.98. The molecule has 4 nitrogen and oxygen atoms in total. The number of urea groups is 1. The minimum Gasteiger partial charge on any atom is -0.376 e. The van der Waals surface area contributed by atoms with Crippen molar-refractivity contribution in [2.75, 3.05) is 13.2 Å². The average molecular weight is 308 g/mol. The summed E-state index contributed by atoms with van der Waals surface area (Å²) < 4.78 is 5.67. The Morgan fingerprint density at radius 1 is 1.62 bits per heavy atom. The zero-order valence-electron chi connectivity index (χ0n) is 12.8. The number of nitrogens with one attached hydrogen (secondary N) is 1. The van der Waals surface area contributed by atoms with Gasteiger partial charge < -0.3 is 15.0 Å². The van der Waals surface area contributed by atoms with Gasteiger partial charge in [-0.25, -0.2) is 4.79 Å². The van der Waals surface area contributed by atoms with Crippen molar-refractivity contribution < 1.29 is 9.53 Å². The molecule has 0 aliphatic carbocycles. The number of carbonyl (C=O) groups is 1. The average Bonchev–Trinajstić information content (AvgIpc) is 3.16. The van der Waals surface area contributed by atoms with Gasteiger partial charge in [-0.2, -0.15) is 0 Å². The summed E-state index contributed by atoms with van der Waals surface area (Å²) in [5.41, 5.74) is 1.34. The molecule has 21 heavy (non-hydrogen) atoms. The topological polar surface area (TPSA) is 41.6 Å². The van der Waals surface area contributed by atoms with E-state index in [1.165, 1.54) is 10.4 Å². The van der Waals surface area contributed by atoms with E-state index in [1.54, 1.807) is 0 Å². The van der Waals surface area contributed by atoms with Crippen molar-refractivity contribution in [3.8, 4) is 0 Å². The van der Waals surface area contributed by atoms with E-state index in [-0.39, 0.29) is 24.2 Å². The number of amides is 2. The van der Waals surface area contributed by atoms with Crippen molar-refractivity contribution in [3.05, 3.63) is 21.9 Å².